The normalized spacial score (nSPS) is 18.9. The molecule has 1 aliphatic rings. The van der Waals surface area contributed by atoms with E-state index < -0.39 is 17.7 Å². The average molecular weight is 382 g/mol. The van der Waals surface area contributed by atoms with Gasteiger partial charge in [0.15, 0.2) is 0 Å². The molecule has 1 aliphatic heterocycles. The van der Waals surface area contributed by atoms with E-state index >= 15 is 0 Å². The summed E-state index contributed by atoms with van der Waals surface area (Å²) in [5.41, 5.74) is 0.243. The number of anilines is 1. The van der Waals surface area contributed by atoms with Crippen LogP contribution in [0.2, 0.25) is 5.02 Å². The van der Waals surface area contributed by atoms with Gasteiger partial charge in [-0.05, 0) is 42.5 Å². The Morgan fingerprint density at radius 1 is 1.07 bits per heavy atom. The van der Waals surface area contributed by atoms with Gasteiger partial charge in [-0.15, -0.1) is 0 Å². The SMILES string of the molecule is O=C1C(=O)N(c2ncccn2)C(c2ccco2)/C1=C(/O)c1ccc(Cl)cc1. The number of carbonyl (C=O) groups excluding carboxylic acids is 2. The van der Waals surface area contributed by atoms with Gasteiger partial charge in [-0.3, -0.25) is 14.5 Å². The molecule has 1 fully saturated rings. The number of hydrogen-bond donors (Lipinski definition) is 1. The number of amides is 1. The predicted molar refractivity (Wildman–Crippen MR) is 97.0 cm³/mol. The van der Waals surface area contributed by atoms with Gasteiger partial charge in [-0.25, -0.2) is 9.97 Å². The van der Waals surface area contributed by atoms with Crippen LogP contribution in [-0.4, -0.2) is 26.8 Å². The third kappa shape index (κ3) is 2.88. The topological polar surface area (TPSA) is 96.5 Å². The van der Waals surface area contributed by atoms with Crippen LogP contribution in [0.25, 0.3) is 5.76 Å². The Morgan fingerprint density at radius 3 is 2.41 bits per heavy atom. The summed E-state index contributed by atoms with van der Waals surface area (Å²) in [5, 5.41) is 11.3. The maximum atomic E-state index is 12.7. The number of hydrogen-bond acceptors (Lipinski definition) is 6. The van der Waals surface area contributed by atoms with E-state index in [4.69, 9.17) is 16.0 Å². The van der Waals surface area contributed by atoms with Gasteiger partial charge in [0.1, 0.15) is 17.6 Å². The van der Waals surface area contributed by atoms with Crippen molar-refractivity contribution >= 4 is 35.0 Å². The van der Waals surface area contributed by atoms with Crippen molar-refractivity contribution in [1.82, 2.24) is 9.97 Å². The maximum absolute atomic E-state index is 12.7. The lowest BCUT2D eigenvalue weighted by atomic mass is 9.99. The highest BCUT2D eigenvalue weighted by atomic mass is 35.5. The number of rotatable bonds is 3. The number of ketones is 1. The molecule has 0 spiro atoms. The summed E-state index contributed by atoms with van der Waals surface area (Å²) in [6.45, 7) is 0. The number of benzene rings is 1. The van der Waals surface area contributed by atoms with Gasteiger partial charge in [0.25, 0.3) is 5.78 Å². The fourth-order valence-electron chi connectivity index (χ4n) is 2.93. The molecule has 0 saturated carbocycles. The van der Waals surface area contributed by atoms with Crippen molar-refractivity contribution in [2.45, 2.75) is 6.04 Å². The van der Waals surface area contributed by atoms with Gasteiger partial charge >= 0.3 is 5.91 Å². The van der Waals surface area contributed by atoms with Gasteiger partial charge in [-0.1, -0.05) is 11.6 Å². The van der Waals surface area contributed by atoms with Gasteiger partial charge in [0.05, 0.1) is 11.8 Å². The van der Waals surface area contributed by atoms with E-state index in [-0.39, 0.29) is 17.3 Å². The van der Waals surface area contributed by atoms with Gasteiger partial charge in [0, 0.05) is 23.0 Å². The minimum Gasteiger partial charge on any atom is -0.507 e. The molecule has 3 heterocycles. The predicted octanol–water partition coefficient (Wildman–Crippen LogP) is 3.35. The molecule has 4 rings (SSSR count). The Kier molecular flexibility index (Phi) is 4.21. The van der Waals surface area contributed by atoms with Crippen LogP contribution in [0.5, 0.6) is 0 Å². The van der Waals surface area contributed by atoms with Crippen molar-refractivity contribution in [1.29, 1.82) is 0 Å². The third-order valence-electron chi connectivity index (χ3n) is 4.14. The molecule has 1 unspecified atom stereocenters. The molecular formula is C19H12ClN3O4. The fourth-order valence-corrected chi connectivity index (χ4v) is 3.06. The zero-order valence-electron chi connectivity index (χ0n) is 13.7. The molecule has 8 heteroatoms. The summed E-state index contributed by atoms with van der Waals surface area (Å²) < 4.78 is 5.43. The van der Waals surface area contributed by atoms with Crippen LogP contribution < -0.4 is 4.90 Å². The first-order chi connectivity index (χ1) is 13.1. The van der Waals surface area contributed by atoms with E-state index in [1.54, 1.807) is 42.5 Å². The highest BCUT2D eigenvalue weighted by Crippen LogP contribution is 2.41. The van der Waals surface area contributed by atoms with Crippen LogP contribution in [-0.2, 0) is 9.59 Å². The van der Waals surface area contributed by atoms with Gasteiger partial charge in [0.2, 0.25) is 5.95 Å². The molecule has 3 aromatic rings. The summed E-state index contributed by atoms with van der Waals surface area (Å²) in [7, 11) is 0. The Hall–Kier alpha value is -3.45. The van der Waals surface area contributed by atoms with Crippen LogP contribution in [0.4, 0.5) is 5.95 Å². The molecule has 0 aliphatic carbocycles. The zero-order valence-corrected chi connectivity index (χ0v) is 14.5. The van der Waals surface area contributed by atoms with E-state index in [1.165, 1.54) is 18.7 Å². The van der Waals surface area contributed by atoms with Crippen LogP contribution in [0.1, 0.15) is 17.4 Å². The Labute approximate surface area is 158 Å². The minimum atomic E-state index is -0.988. The third-order valence-corrected chi connectivity index (χ3v) is 4.39. The first-order valence-corrected chi connectivity index (χ1v) is 8.33. The second-order valence-electron chi connectivity index (χ2n) is 5.74. The van der Waals surface area contributed by atoms with Crippen molar-refractivity contribution in [3.05, 3.63) is 83.0 Å². The Balaban J connectivity index is 1.92. The molecule has 1 aromatic carbocycles. The molecule has 134 valence electrons. The lowest BCUT2D eigenvalue weighted by Crippen LogP contribution is -2.30. The summed E-state index contributed by atoms with van der Waals surface area (Å²) in [5.74, 6) is -1.69. The molecule has 1 amide bonds. The number of carbonyl (C=O) groups is 2. The number of halogens is 1. The molecule has 1 N–H and O–H groups in total. The number of nitrogens with zero attached hydrogens (tertiary/aromatic N) is 3. The maximum Gasteiger partial charge on any atom is 0.302 e. The Bertz CT molecular complexity index is 1030. The van der Waals surface area contributed by atoms with Crippen molar-refractivity contribution in [2.24, 2.45) is 0 Å². The first-order valence-electron chi connectivity index (χ1n) is 7.95. The van der Waals surface area contributed by atoms with Crippen LogP contribution in [0.3, 0.4) is 0 Å². The highest BCUT2D eigenvalue weighted by Gasteiger charge is 2.49. The molecule has 0 bridgehead atoms. The monoisotopic (exact) mass is 381 g/mol. The standard InChI is InChI=1S/C19H12ClN3O4/c20-12-6-4-11(5-7-12)16(24)14-15(13-3-1-10-27-13)23(18(26)17(14)25)19-21-8-2-9-22-19/h1-10,15,24H/b16-14-. The van der Waals surface area contributed by atoms with Gasteiger partial charge in [-0.2, -0.15) is 0 Å². The van der Waals surface area contributed by atoms with E-state index in [2.05, 4.69) is 9.97 Å². The fraction of sp³-hybridized carbons (Fsp3) is 0.0526. The second-order valence-corrected chi connectivity index (χ2v) is 6.18. The highest BCUT2D eigenvalue weighted by molar-refractivity contribution is 6.51. The number of Topliss-reactive ketones (excluding diaryl/α,β-unsaturated/α-hetero) is 1. The van der Waals surface area contributed by atoms with Crippen molar-refractivity contribution in [3.8, 4) is 0 Å². The number of aliphatic hydroxyl groups is 1. The van der Waals surface area contributed by atoms with E-state index in [9.17, 15) is 14.7 Å². The second kappa shape index (κ2) is 6.69. The number of furan rings is 1. The van der Waals surface area contributed by atoms with E-state index in [1.807, 2.05) is 0 Å². The zero-order chi connectivity index (χ0) is 19.0. The lowest BCUT2D eigenvalue weighted by molar-refractivity contribution is -0.132. The van der Waals surface area contributed by atoms with E-state index in [0.717, 1.165) is 4.90 Å². The molecule has 1 saturated heterocycles. The van der Waals surface area contributed by atoms with Crippen molar-refractivity contribution in [2.75, 3.05) is 4.90 Å². The van der Waals surface area contributed by atoms with Crippen LogP contribution in [0.15, 0.2) is 71.1 Å². The van der Waals surface area contributed by atoms with Crippen molar-refractivity contribution < 1.29 is 19.1 Å². The molecule has 0 radical (unpaired) electrons. The molecule has 1 atom stereocenters. The summed E-state index contributed by atoms with van der Waals surface area (Å²) in [6, 6.07) is 10.1. The largest absolute Gasteiger partial charge is 0.507 e. The summed E-state index contributed by atoms with van der Waals surface area (Å²) in [6.07, 6.45) is 4.34. The quantitative estimate of drug-likeness (QED) is 0.424. The molecule has 27 heavy (non-hydrogen) atoms. The minimum absolute atomic E-state index is 0.0381. The number of aromatic nitrogens is 2. The van der Waals surface area contributed by atoms with Crippen LogP contribution >= 0.6 is 11.6 Å². The molecule has 7 nitrogen and oxygen atoms in total. The average Bonchev–Trinajstić information content (AvgIpc) is 3.30. The van der Waals surface area contributed by atoms with Gasteiger partial charge < -0.3 is 9.52 Å². The number of aliphatic hydroxyl groups excluding tert-OH is 1. The molecule has 2 aromatic heterocycles. The van der Waals surface area contributed by atoms with Crippen LogP contribution in [0, 0.1) is 0 Å². The smallest absolute Gasteiger partial charge is 0.302 e. The lowest BCUT2D eigenvalue weighted by Gasteiger charge is -2.21. The summed E-state index contributed by atoms with van der Waals surface area (Å²) >= 11 is 5.88. The summed E-state index contributed by atoms with van der Waals surface area (Å²) in [4.78, 5) is 34.7. The Morgan fingerprint density at radius 2 is 1.78 bits per heavy atom. The van der Waals surface area contributed by atoms with E-state index in [0.29, 0.717) is 16.3 Å². The van der Waals surface area contributed by atoms with Crippen molar-refractivity contribution in [3.63, 3.8) is 0 Å². The first kappa shape index (κ1) is 17.0. The molecular weight excluding hydrogens is 370 g/mol.